The lowest BCUT2D eigenvalue weighted by Crippen LogP contribution is -2.34. The second kappa shape index (κ2) is 8.21. The lowest BCUT2D eigenvalue weighted by molar-refractivity contribution is -0.145. The molecule has 2 amide bonds. The molecule has 8 heteroatoms. The summed E-state index contributed by atoms with van der Waals surface area (Å²) < 4.78 is 10.3. The molecule has 0 spiro atoms. The van der Waals surface area contributed by atoms with E-state index in [2.05, 4.69) is 0 Å². The van der Waals surface area contributed by atoms with Gasteiger partial charge >= 0.3 is 5.97 Å². The van der Waals surface area contributed by atoms with E-state index in [1.807, 2.05) is 6.92 Å². The van der Waals surface area contributed by atoms with Gasteiger partial charge in [-0.05, 0) is 49.9 Å². The quantitative estimate of drug-likeness (QED) is 0.565. The third-order valence-electron chi connectivity index (χ3n) is 3.02. The highest BCUT2D eigenvalue weighted by Gasteiger charge is 2.36. The molecule has 1 aliphatic heterocycles. The van der Waals surface area contributed by atoms with Gasteiger partial charge in [0.25, 0.3) is 11.1 Å². The number of carbonyl (C=O) groups excluding carboxylic acids is 3. The van der Waals surface area contributed by atoms with Crippen molar-refractivity contribution in [3.05, 3.63) is 33.7 Å². The summed E-state index contributed by atoms with van der Waals surface area (Å²) in [5.74, 6) is -0.613. The van der Waals surface area contributed by atoms with Gasteiger partial charge in [-0.25, -0.2) is 0 Å². The van der Waals surface area contributed by atoms with Crippen molar-refractivity contribution in [3.8, 4) is 5.75 Å². The zero-order valence-corrected chi connectivity index (χ0v) is 14.8. The average Bonchev–Trinajstić information content (AvgIpc) is 2.78. The Hall–Kier alpha value is -1.99. The number of thioether (sulfide) groups is 1. The van der Waals surface area contributed by atoms with Crippen molar-refractivity contribution >= 4 is 46.6 Å². The minimum atomic E-state index is -0.626. The molecule has 0 aromatic heterocycles. The molecule has 0 unspecified atom stereocenters. The number of benzene rings is 1. The van der Waals surface area contributed by atoms with Crippen molar-refractivity contribution in [1.82, 2.24) is 4.90 Å². The van der Waals surface area contributed by atoms with E-state index in [1.165, 1.54) is 6.08 Å². The number of carbonyl (C=O) groups is 3. The predicted molar refractivity (Wildman–Crippen MR) is 91.9 cm³/mol. The van der Waals surface area contributed by atoms with E-state index in [0.29, 0.717) is 22.9 Å². The largest absolute Gasteiger partial charge is 0.493 e. The fourth-order valence-electron chi connectivity index (χ4n) is 2.03. The zero-order valence-electron chi connectivity index (χ0n) is 13.2. The molecule has 6 nitrogen and oxygen atoms in total. The molecule has 0 radical (unpaired) electrons. The van der Waals surface area contributed by atoms with E-state index in [1.54, 1.807) is 25.1 Å². The smallest absolute Gasteiger partial charge is 0.326 e. The summed E-state index contributed by atoms with van der Waals surface area (Å²) in [7, 11) is 0. The van der Waals surface area contributed by atoms with Gasteiger partial charge in [0.05, 0.1) is 18.1 Å². The molecule has 1 aliphatic rings. The number of esters is 1. The topological polar surface area (TPSA) is 72.9 Å². The highest BCUT2D eigenvalue weighted by atomic mass is 35.5. The first-order chi connectivity index (χ1) is 11.5. The number of imide groups is 1. The van der Waals surface area contributed by atoms with Crippen LogP contribution in [0, 0.1) is 0 Å². The number of rotatable bonds is 6. The molecule has 0 saturated carbocycles. The fraction of sp³-hybridized carbons (Fsp3) is 0.312. The third kappa shape index (κ3) is 4.30. The summed E-state index contributed by atoms with van der Waals surface area (Å²) >= 11 is 6.75. The van der Waals surface area contributed by atoms with Crippen LogP contribution in [-0.2, 0) is 14.3 Å². The van der Waals surface area contributed by atoms with Crippen LogP contribution < -0.4 is 4.74 Å². The molecule has 2 rings (SSSR count). The summed E-state index contributed by atoms with van der Waals surface area (Å²) in [4.78, 5) is 36.9. The molecule has 0 bridgehead atoms. The van der Waals surface area contributed by atoms with Crippen LogP contribution in [0.3, 0.4) is 0 Å². The molecule has 128 valence electrons. The number of hydrogen-bond donors (Lipinski definition) is 0. The van der Waals surface area contributed by atoms with Gasteiger partial charge in [-0.1, -0.05) is 11.6 Å². The molecule has 1 aromatic rings. The van der Waals surface area contributed by atoms with Crippen LogP contribution in [0.5, 0.6) is 5.75 Å². The van der Waals surface area contributed by atoms with E-state index in [4.69, 9.17) is 21.1 Å². The van der Waals surface area contributed by atoms with Crippen molar-refractivity contribution in [3.63, 3.8) is 0 Å². The van der Waals surface area contributed by atoms with E-state index < -0.39 is 23.7 Å². The lowest BCUT2D eigenvalue weighted by atomic mass is 10.2. The van der Waals surface area contributed by atoms with Gasteiger partial charge in [-0.2, -0.15) is 0 Å². The van der Waals surface area contributed by atoms with E-state index in [0.717, 1.165) is 16.7 Å². The molecule has 1 saturated heterocycles. The van der Waals surface area contributed by atoms with Crippen molar-refractivity contribution in [1.29, 1.82) is 0 Å². The van der Waals surface area contributed by atoms with Crippen LogP contribution in [0.2, 0.25) is 5.02 Å². The molecule has 0 N–H and O–H groups in total. The molecule has 24 heavy (non-hydrogen) atoms. The van der Waals surface area contributed by atoms with E-state index in [-0.39, 0.29) is 11.5 Å². The minimum Gasteiger partial charge on any atom is -0.493 e. The highest BCUT2D eigenvalue weighted by Crippen LogP contribution is 2.34. The summed E-state index contributed by atoms with van der Waals surface area (Å²) in [5, 5.41) is -0.0326. The summed E-state index contributed by atoms with van der Waals surface area (Å²) in [6, 6.07) is 5.02. The Balaban J connectivity index is 2.25. The molecule has 1 fully saturated rings. The lowest BCUT2D eigenvalue weighted by Gasteiger charge is -2.11. The maximum atomic E-state index is 12.3. The van der Waals surface area contributed by atoms with E-state index >= 15 is 0 Å². The van der Waals surface area contributed by atoms with Gasteiger partial charge in [0.15, 0.2) is 0 Å². The van der Waals surface area contributed by atoms with Gasteiger partial charge in [0.1, 0.15) is 12.3 Å². The Kier molecular flexibility index (Phi) is 6.28. The van der Waals surface area contributed by atoms with Gasteiger partial charge < -0.3 is 9.47 Å². The number of halogens is 1. The Morgan fingerprint density at radius 3 is 2.71 bits per heavy atom. The molecule has 0 atom stereocenters. The highest BCUT2D eigenvalue weighted by molar-refractivity contribution is 8.18. The van der Waals surface area contributed by atoms with Crippen LogP contribution >= 0.6 is 23.4 Å². The second-order valence-electron chi connectivity index (χ2n) is 4.69. The molecule has 0 aliphatic carbocycles. The SMILES string of the molecule is CCOC(=O)CN1C(=O)S/C(=C/c2cc(Cl)ccc2OCC)C1=O. The second-order valence-corrected chi connectivity index (χ2v) is 6.12. The third-order valence-corrected chi connectivity index (χ3v) is 4.17. The Bertz CT molecular complexity index is 704. The first kappa shape index (κ1) is 18.4. The van der Waals surface area contributed by atoms with Gasteiger partial charge in [0.2, 0.25) is 0 Å². The summed E-state index contributed by atoms with van der Waals surface area (Å²) in [6.45, 7) is 3.73. The number of nitrogens with zero attached hydrogens (tertiary/aromatic N) is 1. The van der Waals surface area contributed by atoms with Crippen LogP contribution in [0.15, 0.2) is 23.1 Å². The number of amides is 2. The average molecular weight is 370 g/mol. The summed E-state index contributed by atoms with van der Waals surface area (Å²) in [6.07, 6.45) is 1.53. The number of ether oxygens (including phenoxy) is 2. The fourth-order valence-corrected chi connectivity index (χ4v) is 3.04. The Morgan fingerprint density at radius 1 is 1.29 bits per heavy atom. The van der Waals surface area contributed by atoms with Crippen molar-refractivity contribution in [2.45, 2.75) is 13.8 Å². The van der Waals surface area contributed by atoms with Crippen molar-refractivity contribution < 1.29 is 23.9 Å². The predicted octanol–water partition coefficient (Wildman–Crippen LogP) is 3.34. The zero-order chi connectivity index (χ0) is 17.7. The normalized spacial score (nSPS) is 16.0. The van der Waals surface area contributed by atoms with Crippen LogP contribution in [0.25, 0.3) is 6.08 Å². The van der Waals surface area contributed by atoms with Crippen molar-refractivity contribution in [2.24, 2.45) is 0 Å². The molecular weight excluding hydrogens is 354 g/mol. The van der Waals surface area contributed by atoms with Crippen LogP contribution in [0.4, 0.5) is 4.79 Å². The maximum Gasteiger partial charge on any atom is 0.326 e. The Labute approximate surface area is 148 Å². The minimum absolute atomic E-state index is 0.186. The molecule has 1 aromatic carbocycles. The first-order valence-corrected chi connectivity index (χ1v) is 8.49. The van der Waals surface area contributed by atoms with Gasteiger partial charge in [-0.3, -0.25) is 19.3 Å². The monoisotopic (exact) mass is 369 g/mol. The summed E-state index contributed by atoms with van der Waals surface area (Å²) in [5.41, 5.74) is 0.589. The first-order valence-electron chi connectivity index (χ1n) is 7.29. The van der Waals surface area contributed by atoms with E-state index in [9.17, 15) is 14.4 Å². The van der Waals surface area contributed by atoms with Gasteiger partial charge in [0, 0.05) is 10.6 Å². The standard InChI is InChI=1S/C16H16ClNO5S/c1-3-22-12-6-5-11(17)7-10(12)8-13-15(20)18(16(21)24-13)9-14(19)23-4-2/h5-8H,3-4,9H2,1-2H3/b13-8+. The van der Waals surface area contributed by atoms with Crippen molar-refractivity contribution in [2.75, 3.05) is 19.8 Å². The van der Waals surface area contributed by atoms with Crippen LogP contribution in [-0.4, -0.2) is 41.8 Å². The molecule has 1 heterocycles. The van der Waals surface area contributed by atoms with Gasteiger partial charge in [-0.15, -0.1) is 0 Å². The molecular formula is C16H16ClNO5S. The Morgan fingerprint density at radius 2 is 2.04 bits per heavy atom. The van der Waals surface area contributed by atoms with Crippen LogP contribution in [0.1, 0.15) is 19.4 Å². The number of hydrogen-bond acceptors (Lipinski definition) is 6. The maximum absolute atomic E-state index is 12.3.